The summed E-state index contributed by atoms with van der Waals surface area (Å²) in [6.45, 7) is 3.78. The summed E-state index contributed by atoms with van der Waals surface area (Å²) >= 11 is 0. The zero-order valence-electron chi connectivity index (χ0n) is 15.3. The van der Waals surface area contributed by atoms with Gasteiger partial charge in [-0.15, -0.1) is 0 Å². The minimum absolute atomic E-state index is 0.142. The Bertz CT molecular complexity index is 721. The fourth-order valence-corrected chi connectivity index (χ4v) is 2.86. The molecule has 146 valence electrons. The molecule has 1 aromatic rings. The molecule has 0 aliphatic carbocycles. The Morgan fingerprint density at radius 1 is 1.22 bits per heavy atom. The number of amides is 4. The fourth-order valence-electron chi connectivity index (χ4n) is 2.86. The van der Waals surface area contributed by atoms with Crippen molar-refractivity contribution < 1.29 is 23.9 Å². The van der Waals surface area contributed by atoms with Crippen LogP contribution in [0.15, 0.2) is 24.3 Å². The van der Waals surface area contributed by atoms with Gasteiger partial charge in [0.05, 0.1) is 24.0 Å². The Hall–Kier alpha value is -2.94. The van der Waals surface area contributed by atoms with Crippen molar-refractivity contribution in [2.45, 2.75) is 32.9 Å². The van der Waals surface area contributed by atoms with Crippen molar-refractivity contribution in [3.63, 3.8) is 0 Å². The molecule has 9 heteroatoms. The van der Waals surface area contributed by atoms with E-state index < -0.39 is 12.0 Å². The molecule has 1 aliphatic heterocycles. The third-order valence-corrected chi connectivity index (χ3v) is 4.07. The lowest BCUT2D eigenvalue weighted by Gasteiger charge is -2.30. The molecule has 0 saturated carbocycles. The number of carbonyl (C=O) groups is 4. The predicted molar refractivity (Wildman–Crippen MR) is 97.9 cm³/mol. The maximum Gasteiger partial charge on any atom is 0.414 e. The van der Waals surface area contributed by atoms with E-state index in [2.05, 4.69) is 21.3 Å². The maximum atomic E-state index is 12.6. The van der Waals surface area contributed by atoms with Gasteiger partial charge in [-0.1, -0.05) is 12.1 Å². The zero-order chi connectivity index (χ0) is 19.8. The molecule has 1 fully saturated rings. The molecule has 0 radical (unpaired) electrons. The summed E-state index contributed by atoms with van der Waals surface area (Å²) < 4.78 is 4.69. The summed E-state index contributed by atoms with van der Waals surface area (Å²) in [7, 11) is 0. The summed E-state index contributed by atoms with van der Waals surface area (Å²) in [5.74, 6) is -1.40. The molecule has 1 heterocycles. The Morgan fingerprint density at radius 3 is 2.67 bits per heavy atom. The van der Waals surface area contributed by atoms with E-state index in [-0.39, 0.29) is 36.1 Å². The molecule has 0 spiro atoms. The van der Waals surface area contributed by atoms with E-state index in [9.17, 15) is 19.2 Å². The number of anilines is 1. The number of para-hydroxylation sites is 1. The van der Waals surface area contributed by atoms with E-state index in [0.29, 0.717) is 25.1 Å². The SMILES string of the molecule is CCOC(=O)NC(=O)c1ccccc1NC(=O)C1CCNC(NC(C)=O)C1. The van der Waals surface area contributed by atoms with Gasteiger partial charge in [0.25, 0.3) is 5.91 Å². The number of imide groups is 1. The van der Waals surface area contributed by atoms with E-state index in [1.165, 1.54) is 13.0 Å². The predicted octanol–water partition coefficient (Wildman–Crippen LogP) is 0.973. The number of hydrogen-bond acceptors (Lipinski definition) is 6. The fraction of sp³-hybridized carbons (Fsp3) is 0.444. The van der Waals surface area contributed by atoms with E-state index in [4.69, 9.17) is 4.74 Å². The molecule has 1 aliphatic rings. The molecule has 2 atom stereocenters. The Morgan fingerprint density at radius 2 is 1.96 bits per heavy atom. The van der Waals surface area contributed by atoms with Crippen molar-refractivity contribution in [3.8, 4) is 0 Å². The van der Waals surface area contributed by atoms with E-state index in [1.54, 1.807) is 25.1 Å². The number of piperidine rings is 1. The van der Waals surface area contributed by atoms with Gasteiger partial charge in [0.2, 0.25) is 11.8 Å². The number of carbonyl (C=O) groups excluding carboxylic acids is 4. The first-order valence-corrected chi connectivity index (χ1v) is 8.79. The average molecular weight is 376 g/mol. The van der Waals surface area contributed by atoms with Crippen molar-refractivity contribution in [3.05, 3.63) is 29.8 Å². The molecule has 9 nitrogen and oxygen atoms in total. The molecule has 1 saturated heterocycles. The first-order valence-electron chi connectivity index (χ1n) is 8.79. The molecular formula is C18H24N4O5. The second-order valence-corrected chi connectivity index (χ2v) is 6.14. The van der Waals surface area contributed by atoms with Gasteiger partial charge in [0.15, 0.2) is 0 Å². The Labute approximate surface area is 157 Å². The number of benzene rings is 1. The van der Waals surface area contributed by atoms with Crippen molar-refractivity contribution in [2.24, 2.45) is 5.92 Å². The summed E-state index contributed by atoms with van der Waals surface area (Å²) in [5, 5.41) is 10.7. The van der Waals surface area contributed by atoms with Crippen molar-refractivity contribution in [1.82, 2.24) is 16.0 Å². The standard InChI is InChI=1S/C18H24N4O5/c1-3-27-18(26)22-17(25)13-6-4-5-7-14(13)21-16(24)12-8-9-19-15(10-12)20-11(2)23/h4-7,12,15,19H,3,8-10H2,1-2H3,(H,20,23)(H,21,24)(H,22,25,26). The van der Waals surface area contributed by atoms with Gasteiger partial charge in [-0.3, -0.25) is 25.0 Å². The first kappa shape index (κ1) is 20.4. The molecule has 2 rings (SSSR count). The minimum atomic E-state index is -0.847. The zero-order valence-corrected chi connectivity index (χ0v) is 15.3. The number of hydrogen-bond donors (Lipinski definition) is 4. The second-order valence-electron chi connectivity index (χ2n) is 6.14. The highest BCUT2D eigenvalue weighted by Crippen LogP contribution is 2.20. The number of rotatable bonds is 5. The van der Waals surface area contributed by atoms with Gasteiger partial charge in [-0.2, -0.15) is 0 Å². The average Bonchev–Trinajstić information content (AvgIpc) is 2.62. The van der Waals surface area contributed by atoms with Gasteiger partial charge in [0, 0.05) is 12.8 Å². The highest BCUT2D eigenvalue weighted by molar-refractivity contribution is 6.08. The van der Waals surface area contributed by atoms with E-state index >= 15 is 0 Å². The van der Waals surface area contributed by atoms with Crippen LogP contribution in [0.4, 0.5) is 10.5 Å². The van der Waals surface area contributed by atoms with Crippen LogP contribution in [0.5, 0.6) is 0 Å². The summed E-state index contributed by atoms with van der Waals surface area (Å²) in [6.07, 6.45) is -0.0590. The van der Waals surface area contributed by atoms with Gasteiger partial charge in [-0.05, 0) is 38.4 Å². The molecule has 0 bridgehead atoms. The summed E-state index contributed by atoms with van der Waals surface area (Å²) in [6, 6.07) is 6.41. The molecule has 27 heavy (non-hydrogen) atoms. The van der Waals surface area contributed by atoms with Gasteiger partial charge in [0.1, 0.15) is 0 Å². The second kappa shape index (κ2) is 9.67. The van der Waals surface area contributed by atoms with Crippen LogP contribution in [-0.2, 0) is 14.3 Å². The topological polar surface area (TPSA) is 126 Å². The van der Waals surface area contributed by atoms with Gasteiger partial charge in [-0.25, -0.2) is 4.79 Å². The van der Waals surface area contributed by atoms with Gasteiger partial charge < -0.3 is 15.4 Å². The highest BCUT2D eigenvalue weighted by atomic mass is 16.5. The highest BCUT2D eigenvalue weighted by Gasteiger charge is 2.28. The monoisotopic (exact) mass is 376 g/mol. The largest absolute Gasteiger partial charge is 0.450 e. The van der Waals surface area contributed by atoms with Gasteiger partial charge >= 0.3 is 6.09 Å². The lowest BCUT2D eigenvalue weighted by atomic mass is 9.94. The molecule has 1 aromatic carbocycles. The molecule has 0 aromatic heterocycles. The summed E-state index contributed by atoms with van der Waals surface area (Å²) in [5.41, 5.74) is 0.463. The maximum absolute atomic E-state index is 12.6. The molecule has 2 unspecified atom stereocenters. The quantitative estimate of drug-likeness (QED) is 0.607. The third kappa shape index (κ3) is 6.07. The number of ether oxygens (including phenoxy) is 1. The van der Waals surface area contributed by atoms with Crippen LogP contribution in [0, 0.1) is 5.92 Å². The number of alkyl carbamates (subject to hydrolysis) is 1. The lowest BCUT2D eigenvalue weighted by molar-refractivity contribution is -0.123. The molecular weight excluding hydrogens is 352 g/mol. The third-order valence-electron chi connectivity index (χ3n) is 4.07. The minimum Gasteiger partial charge on any atom is -0.450 e. The lowest BCUT2D eigenvalue weighted by Crippen LogP contribution is -2.51. The Kier molecular flexibility index (Phi) is 7.30. The van der Waals surface area contributed by atoms with Crippen LogP contribution in [0.1, 0.15) is 37.0 Å². The van der Waals surface area contributed by atoms with Crippen LogP contribution in [0.25, 0.3) is 0 Å². The first-order chi connectivity index (χ1) is 12.9. The van der Waals surface area contributed by atoms with Crippen LogP contribution in [0.3, 0.4) is 0 Å². The molecule has 4 amide bonds. The van der Waals surface area contributed by atoms with Crippen LogP contribution in [0.2, 0.25) is 0 Å². The van der Waals surface area contributed by atoms with Crippen molar-refractivity contribution in [2.75, 3.05) is 18.5 Å². The van der Waals surface area contributed by atoms with Crippen LogP contribution in [-0.4, -0.2) is 43.1 Å². The van der Waals surface area contributed by atoms with Crippen LogP contribution >= 0.6 is 0 Å². The van der Waals surface area contributed by atoms with Crippen LogP contribution < -0.4 is 21.3 Å². The van der Waals surface area contributed by atoms with Crippen molar-refractivity contribution >= 4 is 29.5 Å². The van der Waals surface area contributed by atoms with E-state index in [0.717, 1.165) is 0 Å². The summed E-state index contributed by atoms with van der Waals surface area (Å²) in [4.78, 5) is 47.5. The van der Waals surface area contributed by atoms with E-state index in [1.807, 2.05) is 0 Å². The smallest absolute Gasteiger partial charge is 0.414 e. The number of nitrogens with one attached hydrogen (secondary N) is 4. The Balaban J connectivity index is 2.04. The normalized spacial score (nSPS) is 18.9. The van der Waals surface area contributed by atoms with Crippen molar-refractivity contribution in [1.29, 1.82) is 0 Å². The molecule has 4 N–H and O–H groups in total.